The second-order valence-corrected chi connectivity index (χ2v) is 6.16. The molecule has 0 aliphatic rings. The first-order valence-electron chi connectivity index (χ1n) is 6.19. The van der Waals surface area contributed by atoms with Crippen LogP contribution in [0.3, 0.4) is 0 Å². The highest BCUT2D eigenvalue weighted by molar-refractivity contribution is 7.99. The molecule has 2 rings (SSSR count). The highest BCUT2D eigenvalue weighted by atomic mass is 32.2. The number of thioether (sulfide) groups is 2. The quantitative estimate of drug-likeness (QED) is 0.771. The molecule has 0 saturated carbocycles. The third kappa shape index (κ3) is 3.41. The minimum absolute atomic E-state index is 0.0505. The molecule has 0 amide bonds. The van der Waals surface area contributed by atoms with E-state index < -0.39 is 5.97 Å². The zero-order chi connectivity index (χ0) is 15.4. The molecular formula is C12H16N4O3S2. The molecule has 21 heavy (non-hydrogen) atoms. The van der Waals surface area contributed by atoms with Crippen LogP contribution in [0, 0.1) is 0 Å². The Labute approximate surface area is 130 Å². The van der Waals surface area contributed by atoms with Gasteiger partial charge < -0.3 is 9.84 Å². The number of aliphatic carboxylic acids is 1. The standard InChI is InChI=1S/C12H16N4O3S2/c1-7(4-20-3)16-10-9(11(19-2)14-6-13-10)15-12(16)21-5-8(17)18/h6-7H,4-5H2,1-3H3,(H,17,18). The lowest BCUT2D eigenvalue weighted by Crippen LogP contribution is -2.11. The Morgan fingerprint density at radius 3 is 2.90 bits per heavy atom. The number of hydrogen-bond donors (Lipinski definition) is 1. The van der Waals surface area contributed by atoms with Gasteiger partial charge >= 0.3 is 5.97 Å². The van der Waals surface area contributed by atoms with Crippen LogP contribution in [0.1, 0.15) is 13.0 Å². The summed E-state index contributed by atoms with van der Waals surface area (Å²) in [4.78, 5) is 23.6. The molecule has 1 atom stereocenters. The molecule has 0 aliphatic heterocycles. The van der Waals surface area contributed by atoms with Crippen molar-refractivity contribution in [3.8, 4) is 5.88 Å². The summed E-state index contributed by atoms with van der Waals surface area (Å²) in [6.45, 7) is 2.05. The van der Waals surface area contributed by atoms with Crippen LogP contribution >= 0.6 is 23.5 Å². The van der Waals surface area contributed by atoms with Gasteiger partial charge in [0.2, 0.25) is 5.88 Å². The van der Waals surface area contributed by atoms with Crippen molar-refractivity contribution in [1.29, 1.82) is 0 Å². The lowest BCUT2D eigenvalue weighted by molar-refractivity contribution is -0.133. The zero-order valence-electron chi connectivity index (χ0n) is 11.9. The third-order valence-electron chi connectivity index (χ3n) is 2.78. The Morgan fingerprint density at radius 1 is 1.52 bits per heavy atom. The fourth-order valence-electron chi connectivity index (χ4n) is 1.96. The molecule has 0 saturated heterocycles. The molecular weight excluding hydrogens is 312 g/mol. The van der Waals surface area contributed by atoms with Crippen molar-refractivity contribution < 1.29 is 14.6 Å². The van der Waals surface area contributed by atoms with Crippen molar-refractivity contribution in [2.24, 2.45) is 0 Å². The van der Waals surface area contributed by atoms with Gasteiger partial charge in [0.1, 0.15) is 6.33 Å². The van der Waals surface area contributed by atoms with E-state index in [9.17, 15) is 4.79 Å². The number of methoxy groups -OCH3 is 1. The maximum absolute atomic E-state index is 10.8. The third-order valence-corrected chi connectivity index (χ3v) is 4.53. The van der Waals surface area contributed by atoms with E-state index in [0.29, 0.717) is 22.2 Å². The van der Waals surface area contributed by atoms with E-state index in [4.69, 9.17) is 9.84 Å². The fourth-order valence-corrected chi connectivity index (χ4v) is 3.40. The zero-order valence-corrected chi connectivity index (χ0v) is 13.6. The Bertz CT molecular complexity index is 647. The molecule has 0 aromatic carbocycles. The molecule has 2 heterocycles. The van der Waals surface area contributed by atoms with Gasteiger partial charge in [0, 0.05) is 11.8 Å². The normalized spacial score (nSPS) is 12.5. The molecule has 0 fully saturated rings. The summed E-state index contributed by atoms with van der Waals surface area (Å²) in [5.41, 5.74) is 1.22. The summed E-state index contributed by atoms with van der Waals surface area (Å²) in [6.07, 6.45) is 3.45. The summed E-state index contributed by atoms with van der Waals surface area (Å²) in [5.74, 6) is 0.338. The largest absolute Gasteiger partial charge is 0.481 e. The summed E-state index contributed by atoms with van der Waals surface area (Å²) >= 11 is 2.88. The smallest absolute Gasteiger partial charge is 0.313 e. The van der Waals surface area contributed by atoms with Gasteiger partial charge in [-0.05, 0) is 13.2 Å². The Hall–Kier alpha value is -1.48. The second-order valence-electron chi connectivity index (χ2n) is 4.31. The predicted molar refractivity (Wildman–Crippen MR) is 83.3 cm³/mol. The Balaban J connectivity index is 2.53. The molecule has 0 radical (unpaired) electrons. The van der Waals surface area contributed by atoms with Crippen LogP contribution in [0.2, 0.25) is 0 Å². The minimum Gasteiger partial charge on any atom is -0.481 e. The first-order chi connectivity index (χ1) is 10.1. The van der Waals surface area contributed by atoms with Crippen molar-refractivity contribution in [3.63, 3.8) is 0 Å². The predicted octanol–water partition coefficient (Wildman–Crippen LogP) is 1.94. The molecule has 7 nitrogen and oxygen atoms in total. The highest BCUT2D eigenvalue weighted by Gasteiger charge is 2.20. The topological polar surface area (TPSA) is 90.1 Å². The van der Waals surface area contributed by atoms with Crippen LogP contribution in [0.5, 0.6) is 5.88 Å². The van der Waals surface area contributed by atoms with Crippen LogP contribution < -0.4 is 4.74 Å². The molecule has 9 heteroatoms. The number of hydrogen-bond acceptors (Lipinski definition) is 7. The fraction of sp³-hybridized carbons (Fsp3) is 0.500. The van der Waals surface area contributed by atoms with Gasteiger partial charge in [-0.2, -0.15) is 16.7 Å². The summed E-state index contributed by atoms with van der Waals surface area (Å²) in [5, 5.41) is 9.49. The number of carboxylic acids is 1. The van der Waals surface area contributed by atoms with E-state index in [2.05, 4.69) is 21.9 Å². The minimum atomic E-state index is -0.880. The molecule has 2 aromatic rings. The van der Waals surface area contributed by atoms with E-state index in [0.717, 1.165) is 5.75 Å². The maximum Gasteiger partial charge on any atom is 0.313 e. The van der Waals surface area contributed by atoms with Crippen molar-refractivity contribution in [2.45, 2.75) is 18.1 Å². The Kier molecular flexibility index (Phi) is 5.29. The van der Waals surface area contributed by atoms with Gasteiger partial charge in [0.05, 0.1) is 12.9 Å². The second kappa shape index (κ2) is 6.99. The molecule has 0 spiro atoms. The number of imidazole rings is 1. The molecule has 0 bridgehead atoms. The van der Waals surface area contributed by atoms with Crippen LogP contribution in [-0.2, 0) is 4.79 Å². The van der Waals surface area contributed by atoms with Crippen molar-refractivity contribution in [2.75, 3.05) is 24.9 Å². The summed E-state index contributed by atoms with van der Waals surface area (Å²) in [7, 11) is 1.52. The van der Waals surface area contributed by atoms with Crippen LogP contribution in [0.4, 0.5) is 0 Å². The van der Waals surface area contributed by atoms with E-state index in [1.807, 2.05) is 10.8 Å². The summed E-state index contributed by atoms with van der Waals surface area (Å²) in [6, 6.07) is 0.140. The number of ether oxygens (including phenoxy) is 1. The first kappa shape index (κ1) is 15.9. The van der Waals surface area contributed by atoms with Gasteiger partial charge in [0.25, 0.3) is 0 Å². The lowest BCUT2D eigenvalue weighted by Gasteiger charge is -2.15. The number of aromatic nitrogens is 4. The number of rotatable bonds is 7. The molecule has 2 aromatic heterocycles. The Morgan fingerprint density at radius 2 is 2.29 bits per heavy atom. The number of nitrogens with zero attached hydrogens (tertiary/aromatic N) is 4. The van der Waals surface area contributed by atoms with Crippen molar-refractivity contribution >= 4 is 40.7 Å². The van der Waals surface area contributed by atoms with Gasteiger partial charge in [-0.3, -0.25) is 9.36 Å². The average molecular weight is 328 g/mol. The van der Waals surface area contributed by atoms with Crippen LogP contribution in [0.15, 0.2) is 11.5 Å². The van der Waals surface area contributed by atoms with Gasteiger partial charge in [-0.15, -0.1) is 0 Å². The average Bonchev–Trinajstić information content (AvgIpc) is 2.83. The van der Waals surface area contributed by atoms with E-state index in [1.54, 1.807) is 11.8 Å². The first-order valence-corrected chi connectivity index (χ1v) is 8.56. The number of fused-ring (bicyclic) bond motifs is 1. The lowest BCUT2D eigenvalue weighted by atomic mass is 10.4. The molecule has 0 aliphatic carbocycles. The van der Waals surface area contributed by atoms with E-state index in [1.165, 1.54) is 25.2 Å². The monoisotopic (exact) mass is 328 g/mol. The van der Waals surface area contributed by atoms with Crippen LogP contribution in [-0.4, -0.2) is 55.5 Å². The van der Waals surface area contributed by atoms with Gasteiger partial charge in [-0.1, -0.05) is 11.8 Å². The van der Waals surface area contributed by atoms with Gasteiger partial charge in [0.15, 0.2) is 16.3 Å². The highest BCUT2D eigenvalue weighted by Crippen LogP contribution is 2.30. The molecule has 114 valence electrons. The van der Waals surface area contributed by atoms with E-state index in [-0.39, 0.29) is 11.8 Å². The van der Waals surface area contributed by atoms with Gasteiger partial charge in [-0.25, -0.2) is 9.97 Å². The summed E-state index contributed by atoms with van der Waals surface area (Å²) < 4.78 is 7.15. The number of carboxylic acid groups (broad SMARTS) is 1. The van der Waals surface area contributed by atoms with E-state index >= 15 is 0 Å². The van der Waals surface area contributed by atoms with Crippen molar-refractivity contribution in [3.05, 3.63) is 6.33 Å². The SMILES string of the molecule is COc1ncnc2c1nc(SCC(=O)O)n2C(C)CSC. The number of carbonyl (C=O) groups is 1. The van der Waals surface area contributed by atoms with Crippen LogP contribution in [0.25, 0.3) is 11.2 Å². The molecule has 1 unspecified atom stereocenters. The van der Waals surface area contributed by atoms with Crippen molar-refractivity contribution in [1.82, 2.24) is 19.5 Å². The molecule has 1 N–H and O–H groups in total. The maximum atomic E-state index is 10.8.